The maximum atomic E-state index is 12.9. The van der Waals surface area contributed by atoms with Gasteiger partial charge in [0.05, 0.1) is 26.5 Å². The maximum absolute atomic E-state index is 12.9. The number of nitrogens with zero attached hydrogens (tertiary/aromatic N) is 1. The Hall–Kier alpha value is -4.20. The van der Waals surface area contributed by atoms with E-state index in [1.165, 1.54) is 19.8 Å². The lowest BCUT2D eigenvalue weighted by Crippen LogP contribution is -2.39. The van der Waals surface area contributed by atoms with Crippen LogP contribution in [-0.2, 0) is 11.2 Å². The predicted octanol–water partition coefficient (Wildman–Crippen LogP) is 4.71. The second kappa shape index (κ2) is 11.5. The third-order valence-electron chi connectivity index (χ3n) is 5.90. The molecule has 0 saturated carbocycles. The van der Waals surface area contributed by atoms with Gasteiger partial charge in [0, 0.05) is 23.9 Å². The van der Waals surface area contributed by atoms with E-state index in [1.807, 2.05) is 12.1 Å². The van der Waals surface area contributed by atoms with Gasteiger partial charge in [0.15, 0.2) is 6.61 Å². The number of aryl methyl sites for hydroxylation is 1. The second-order valence-corrected chi connectivity index (χ2v) is 8.27. The van der Waals surface area contributed by atoms with Crippen LogP contribution in [0.1, 0.15) is 29.3 Å². The minimum absolute atomic E-state index is 0.0261. The molecule has 36 heavy (non-hydrogen) atoms. The van der Waals surface area contributed by atoms with Gasteiger partial charge in [-0.3, -0.25) is 9.59 Å². The Morgan fingerprint density at radius 2 is 1.69 bits per heavy atom. The van der Waals surface area contributed by atoms with Gasteiger partial charge in [-0.2, -0.15) is 0 Å². The summed E-state index contributed by atoms with van der Waals surface area (Å²) in [5.41, 5.74) is 2.79. The molecule has 3 aromatic carbocycles. The average molecular weight is 491 g/mol. The SMILES string of the molecule is CCc1ccc(OCCCN2C(=O)COc3ccc(NC(=O)c4cc(OC)cc(OC)c4)cc32)cc1. The lowest BCUT2D eigenvalue weighted by atomic mass is 10.1. The highest BCUT2D eigenvalue weighted by Crippen LogP contribution is 2.35. The van der Waals surface area contributed by atoms with Gasteiger partial charge in [-0.1, -0.05) is 19.1 Å². The number of fused-ring (bicyclic) bond motifs is 1. The van der Waals surface area contributed by atoms with Crippen molar-refractivity contribution in [3.8, 4) is 23.0 Å². The monoisotopic (exact) mass is 490 g/mol. The normalized spacial score (nSPS) is 12.4. The third-order valence-corrected chi connectivity index (χ3v) is 5.90. The van der Waals surface area contributed by atoms with Crippen LogP contribution in [-0.4, -0.2) is 45.8 Å². The summed E-state index contributed by atoms with van der Waals surface area (Å²) in [6, 6.07) is 18.2. The fourth-order valence-electron chi connectivity index (χ4n) is 3.90. The molecule has 188 valence electrons. The number of amides is 2. The highest BCUT2D eigenvalue weighted by atomic mass is 16.5. The molecule has 0 bridgehead atoms. The Kier molecular flexibility index (Phi) is 7.95. The molecule has 0 spiro atoms. The summed E-state index contributed by atoms with van der Waals surface area (Å²) in [5, 5.41) is 2.88. The lowest BCUT2D eigenvalue weighted by Gasteiger charge is -2.30. The van der Waals surface area contributed by atoms with Crippen LogP contribution in [0.25, 0.3) is 0 Å². The molecule has 0 aromatic heterocycles. The molecule has 0 radical (unpaired) electrons. The van der Waals surface area contributed by atoms with E-state index in [1.54, 1.807) is 41.3 Å². The largest absolute Gasteiger partial charge is 0.497 e. The molecule has 1 aliphatic rings. The molecule has 8 nitrogen and oxygen atoms in total. The first-order valence-electron chi connectivity index (χ1n) is 11.8. The minimum atomic E-state index is -0.329. The number of methoxy groups -OCH3 is 2. The summed E-state index contributed by atoms with van der Waals surface area (Å²) in [4.78, 5) is 27.2. The Labute approximate surface area is 210 Å². The quantitative estimate of drug-likeness (QED) is 0.414. The van der Waals surface area contributed by atoms with Crippen molar-refractivity contribution in [1.29, 1.82) is 0 Å². The van der Waals surface area contributed by atoms with Crippen molar-refractivity contribution in [2.45, 2.75) is 19.8 Å². The standard InChI is InChI=1S/C28H30N2O6/c1-4-19-6-9-22(10-7-19)35-13-5-12-30-25-16-21(8-11-26(25)36-18-27(30)31)29-28(32)20-14-23(33-2)17-24(15-20)34-3/h6-11,14-17H,4-5,12-13,18H2,1-3H3,(H,29,32). The summed E-state index contributed by atoms with van der Waals surface area (Å²) in [6.45, 7) is 3.02. The fourth-order valence-corrected chi connectivity index (χ4v) is 3.90. The number of hydrogen-bond acceptors (Lipinski definition) is 6. The molecule has 0 fully saturated rings. The lowest BCUT2D eigenvalue weighted by molar-refractivity contribution is -0.121. The molecule has 0 saturated heterocycles. The summed E-state index contributed by atoms with van der Waals surface area (Å²) >= 11 is 0. The molecule has 8 heteroatoms. The van der Waals surface area contributed by atoms with Gasteiger partial charge >= 0.3 is 0 Å². The van der Waals surface area contributed by atoms with Crippen LogP contribution in [0.15, 0.2) is 60.7 Å². The summed E-state index contributed by atoms with van der Waals surface area (Å²) < 4.78 is 21.9. The molecule has 2 amide bonds. The molecule has 0 unspecified atom stereocenters. The third kappa shape index (κ3) is 5.89. The van der Waals surface area contributed by atoms with Crippen molar-refractivity contribution in [3.05, 3.63) is 71.8 Å². The molecular formula is C28H30N2O6. The smallest absolute Gasteiger partial charge is 0.265 e. The van der Waals surface area contributed by atoms with Crippen molar-refractivity contribution in [2.24, 2.45) is 0 Å². The molecule has 1 aliphatic heterocycles. The molecule has 0 atom stereocenters. The zero-order valence-corrected chi connectivity index (χ0v) is 20.7. The van der Waals surface area contributed by atoms with E-state index < -0.39 is 0 Å². The number of carbonyl (C=O) groups is 2. The van der Waals surface area contributed by atoms with Crippen LogP contribution < -0.4 is 29.2 Å². The molecular weight excluding hydrogens is 460 g/mol. The van der Waals surface area contributed by atoms with E-state index in [4.69, 9.17) is 18.9 Å². The predicted molar refractivity (Wildman–Crippen MR) is 138 cm³/mol. The van der Waals surface area contributed by atoms with Gasteiger partial charge in [0.1, 0.15) is 23.0 Å². The zero-order chi connectivity index (χ0) is 25.5. The van der Waals surface area contributed by atoms with Crippen LogP contribution in [0.3, 0.4) is 0 Å². The Morgan fingerprint density at radius 1 is 0.972 bits per heavy atom. The van der Waals surface area contributed by atoms with E-state index in [0.717, 1.165) is 12.2 Å². The van der Waals surface area contributed by atoms with Crippen molar-refractivity contribution in [1.82, 2.24) is 0 Å². The number of rotatable bonds is 10. The Morgan fingerprint density at radius 3 is 2.36 bits per heavy atom. The van der Waals surface area contributed by atoms with Crippen LogP contribution in [0.5, 0.6) is 23.0 Å². The first-order valence-corrected chi connectivity index (χ1v) is 11.8. The van der Waals surface area contributed by atoms with Gasteiger partial charge in [0.2, 0.25) is 0 Å². The van der Waals surface area contributed by atoms with Gasteiger partial charge in [-0.05, 0) is 60.9 Å². The number of ether oxygens (including phenoxy) is 4. The molecule has 4 rings (SSSR count). The molecule has 1 heterocycles. The Balaban J connectivity index is 1.42. The number of anilines is 2. The van der Waals surface area contributed by atoms with Gasteiger partial charge in [0.25, 0.3) is 11.8 Å². The van der Waals surface area contributed by atoms with Crippen molar-refractivity contribution in [3.63, 3.8) is 0 Å². The van der Waals surface area contributed by atoms with Gasteiger partial charge in [-0.15, -0.1) is 0 Å². The second-order valence-electron chi connectivity index (χ2n) is 8.27. The first-order chi connectivity index (χ1) is 17.5. The number of nitrogens with one attached hydrogen (secondary N) is 1. The number of carbonyl (C=O) groups excluding carboxylic acids is 2. The van der Waals surface area contributed by atoms with E-state index in [0.29, 0.717) is 53.8 Å². The zero-order valence-electron chi connectivity index (χ0n) is 20.7. The average Bonchev–Trinajstić information content (AvgIpc) is 2.92. The highest BCUT2D eigenvalue weighted by molar-refractivity contribution is 6.06. The number of benzene rings is 3. The van der Waals surface area contributed by atoms with Crippen LogP contribution in [0, 0.1) is 0 Å². The van der Waals surface area contributed by atoms with Crippen molar-refractivity contribution < 1.29 is 28.5 Å². The van der Waals surface area contributed by atoms with E-state index >= 15 is 0 Å². The fraction of sp³-hybridized carbons (Fsp3) is 0.286. The van der Waals surface area contributed by atoms with Crippen molar-refractivity contribution >= 4 is 23.2 Å². The topological polar surface area (TPSA) is 86.3 Å². The molecule has 1 N–H and O–H groups in total. The highest BCUT2D eigenvalue weighted by Gasteiger charge is 2.26. The van der Waals surface area contributed by atoms with Crippen molar-refractivity contribution in [2.75, 3.05) is 44.2 Å². The van der Waals surface area contributed by atoms with E-state index in [-0.39, 0.29) is 18.4 Å². The van der Waals surface area contributed by atoms with Crippen LogP contribution >= 0.6 is 0 Å². The van der Waals surface area contributed by atoms with E-state index in [9.17, 15) is 9.59 Å². The number of hydrogen-bond donors (Lipinski definition) is 1. The first kappa shape index (κ1) is 24.9. The summed E-state index contributed by atoms with van der Waals surface area (Å²) in [6.07, 6.45) is 1.62. The van der Waals surface area contributed by atoms with Crippen LogP contribution in [0.4, 0.5) is 11.4 Å². The van der Waals surface area contributed by atoms with Crippen LogP contribution in [0.2, 0.25) is 0 Å². The minimum Gasteiger partial charge on any atom is -0.497 e. The van der Waals surface area contributed by atoms with E-state index in [2.05, 4.69) is 24.4 Å². The Bertz CT molecular complexity index is 1200. The summed E-state index contributed by atoms with van der Waals surface area (Å²) in [5.74, 6) is 1.95. The molecule has 0 aliphatic carbocycles. The maximum Gasteiger partial charge on any atom is 0.265 e. The van der Waals surface area contributed by atoms with Gasteiger partial charge in [-0.25, -0.2) is 0 Å². The van der Waals surface area contributed by atoms with Gasteiger partial charge < -0.3 is 29.2 Å². The molecule has 3 aromatic rings. The summed E-state index contributed by atoms with van der Waals surface area (Å²) in [7, 11) is 3.05.